The monoisotopic (exact) mass is 315 g/mol. The minimum absolute atomic E-state index is 0.103. The lowest BCUT2D eigenvalue weighted by Crippen LogP contribution is -2.41. The topological polar surface area (TPSA) is 75.7 Å². The second-order valence-electron chi connectivity index (χ2n) is 4.28. The summed E-state index contributed by atoms with van der Waals surface area (Å²) in [6.45, 7) is 0.122. The van der Waals surface area contributed by atoms with Crippen molar-refractivity contribution in [3.8, 4) is 5.75 Å². The first-order valence-electron chi connectivity index (χ1n) is 5.88. The van der Waals surface area contributed by atoms with E-state index in [0.717, 1.165) is 24.3 Å². The molecule has 2 unspecified atom stereocenters. The molecule has 21 heavy (non-hydrogen) atoms. The lowest BCUT2D eigenvalue weighted by molar-refractivity contribution is -0.360. The van der Waals surface area contributed by atoms with Crippen molar-refractivity contribution in [1.82, 2.24) is 0 Å². The first-order chi connectivity index (χ1) is 9.58. The molecule has 0 aliphatic carbocycles. The molecule has 1 rings (SSSR count). The zero-order valence-corrected chi connectivity index (χ0v) is 10.6. The maximum atomic E-state index is 12.7. The molecule has 0 aliphatic rings. The fraction of sp³-hybridized carbons (Fsp3) is 0.500. The van der Waals surface area contributed by atoms with E-state index in [-0.39, 0.29) is 18.5 Å². The molecular formula is C12H14F5NO3. The Hall–Kier alpha value is -1.45. The second-order valence-corrected chi connectivity index (χ2v) is 4.28. The van der Waals surface area contributed by atoms with Crippen LogP contribution in [0.3, 0.4) is 0 Å². The van der Waals surface area contributed by atoms with E-state index >= 15 is 0 Å². The molecule has 0 amide bonds. The average molecular weight is 315 g/mol. The van der Waals surface area contributed by atoms with Crippen LogP contribution in [-0.2, 0) is 0 Å². The van der Waals surface area contributed by atoms with Crippen molar-refractivity contribution < 1.29 is 36.9 Å². The molecule has 0 spiro atoms. The molecule has 0 saturated carbocycles. The zero-order chi connectivity index (χ0) is 16.3. The van der Waals surface area contributed by atoms with Gasteiger partial charge >= 0.3 is 12.3 Å². The Morgan fingerprint density at radius 3 is 2.00 bits per heavy atom. The van der Waals surface area contributed by atoms with E-state index in [0.29, 0.717) is 0 Å². The van der Waals surface area contributed by atoms with Gasteiger partial charge < -0.3 is 20.7 Å². The Kier molecular flexibility index (Phi) is 5.48. The van der Waals surface area contributed by atoms with E-state index in [1.54, 1.807) is 0 Å². The van der Waals surface area contributed by atoms with Gasteiger partial charge in [-0.15, -0.1) is 0 Å². The maximum absolute atomic E-state index is 12.7. The fourth-order valence-electron chi connectivity index (χ4n) is 1.49. The first kappa shape index (κ1) is 17.6. The maximum Gasteiger partial charge on any atom is 0.499 e. The highest BCUT2D eigenvalue weighted by Crippen LogP contribution is 2.37. The van der Waals surface area contributed by atoms with Crippen LogP contribution in [0, 0.1) is 0 Å². The van der Waals surface area contributed by atoms with Crippen LogP contribution in [0.25, 0.3) is 0 Å². The molecule has 4 nitrogen and oxygen atoms in total. The number of alkyl halides is 5. The van der Waals surface area contributed by atoms with Crippen molar-refractivity contribution in [1.29, 1.82) is 0 Å². The largest absolute Gasteiger partial charge is 0.499 e. The second kappa shape index (κ2) is 6.54. The summed E-state index contributed by atoms with van der Waals surface area (Å²) in [6, 6.07) is 3.83. The standard InChI is InChI=1S/C12H14F5NO3/c13-11(14,15)12(16,17)21-8-3-1-7(2-4-8)10(20)9(19)5-6-18/h1-4,9-10,19-20H,5-6,18H2. The molecule has 0 heterocycles. The van der Waals surface area contributed by atoms with Gasteiger partial charge in [-0.2, -0.15) is 22.0 Å². The normalized spacial score (nSPS) is 15.6. The Bertz CT molecular complexity index is 449. The summed E-state index contributed by atoms with van der Waals surface area (Å²) in [4.78, 5) is 0. The van der Waals surface area contributed by atoms with Crippen molar-refractivity contribution in [2.45, 2.75) is 30.9 Å². The highest BCUT2D eigenvalue weighted by atomic mass is 19.4. The van der Waals surface area contributed by atoms with E-state index in [9.17, 15) is 32.2 Å². The summed E-state index contributed by atoms with van der Waals surface area (Å²) in [7, 11) is 0. The lowest BCUT2D eigenvalue weighted by atomic mass is 10.0. The third-order valence-electron chi connectivity index (χ3n) is 2.62. The Balaban J connectivity index is 2.79. The number of hydrogen-bond acceptors (Lipinski definition) is 4. The van der Waals surface area contributed by atoms with Crippen molar-refractivity contribution in [2.24, 2.45) is 5.73 Å². The van der Waals surface area contributed by atoms with E-state index in [2.05, 4.69) is 4.74 Å². The Labute approximate surface area is 116 Å². The first-order valence-corrected chi connectivity index (χ1v) is 5.88. The molecule has 0 radical (unpaired) electrons. The molecule has 0 bridgehead atoms. The summed E-state index contributed by atoms with van der Waals surface area (Å²) >= 11 is 0. The number of aliphatic hydroxyl groups is 2. The van der Waals surface area contributed by atoms with Crippen LogP contribution in [0.4, 0.5) is 22.0 Å². The van der Waals surface area contributed by atoms with Crippen LogP contribution >= 0.6 is 0 Å². The van der Waals surface area contributed by atoms with Gasteiger partial charge in [0.25, 0.3) is 0 Å². The predicted octanol–water partition coefficient (Wildman–Crippen LogP) is 1.96. The third kappa shape index (κ3) is 4.51. The quantitative estimate of drug-likeness (QED) is 0.702. The van der Waals surface area contributed by atoms with E-state index < -0.39 is 30.2 Å². The van der Waals surface area contributed by atoms with Crippen molar-refractivity contribution >= 4 is 0 Å². The Morgan fingerprint density at radius 2 is 1.57 bits per heavy atom. The molecule has 0 fully saturated rings. The van der Waals surface area contributed by atoms with Crippen LogP contribution in [0.15, 0.2) is 24.3 Å². The minimum Gasteiger partial charge on any atom is -0.426 e. The van der Waals surface area contributed by atoms with Crippen molar-refractivity contribution in [3.63, 3.8) is 0 Å². The molecule has 0 saturated heterocycles. The van der Waals surface area contributed by atoms with Gasteiger partial charge in [0.1, 0.15) is 11.9 Å². The minimum atomic E-state index is -5.83. The van der Waals surface area contributed by atoms with Crippen LogP contribution in [0.1, 0.15) is 18.1 Å². The number of halogens is 5. The highest BCUT2D eigenvalue weighted by molar-refractivity contribution is 5.29. The highest BCUT2D eigenvalue weighted by Gasteiger charge is 2.61. The van der Waals surface area contributed by atoms with E-state index in [1.165, 1.54) is 0 Å². The molecule has 9 heteroatoms. The SMILES string of the molecule is NCCC(O)C(O)c1ccc(OC(F)(F)C(F)(F)F)cc1. The number of aliphatic hydroxyl groups excluding tert-OH is 2. The van der Waals surface area contributed by atoms with Gasteiger partial charge in [0.15, 0.2) is 0 Å². The average Bonchev–Trinajstić information content (AvgIpc) is 2.37. The molecule has 1 aromatic carbocycles. The molecular weight excluding hydrogens is 301 g/mol. The van der Waals surface area contributed by atoms with E-state index in [1.807, 2.05) is 0 Å². The number of nitrogens with two attached hydrogens (primary N) is 1. The van der Waals surface area contributed by atoms with Crippen LogP contribution < -0.4 is 10.5 Å². The molecule has 1 aromatic rings. The van der Waals surface area contributed by atoms with Crippen LogP contribution in [0.2, 0.25) is 0 Å². The molecule has 0 aliphatic heterocycles. The van der Waals surface area contributed by atoms with Gasteiger partial charge in [0.2, 0.25) is 0 Å². The zero-order valence-electron chi connectivity index (χ0n) is 10.6. The number of ether oxygens (including phenoxy) is 1. The molecule has 120 valence electrons. The van der Waals surface area contributed by atoms with Gasteiger partial charge in [-0.05, 0) is 30.7 Å². The Morgan fingerprint density at radius 1 is 1.05 bits per heavy atom. The lowest BCUT2D eigenvalue weighted by Gasteiger charge is -2.21. The summed E-state index contributed by atoms with van der Waals surface area (Å²) < 4.78 is 64.8. The fourth-order valence-corrected chi connectivity index (χ4v) is 1.49. The van der Waals surface area contributed by atoms with Gasteiger partial charge in [0, 0.05) is 0 Å². The smallest absolute Gasteiger partial charge is 0.426 e. The van der Waals surface area contributed by atoms with Gasteiger partial charge in [-0.25, -0.2) is 0 Å². The van der Waals surface area contributed by atoms with Gasteiger partial charge in [-0.3, -0.25) is 0 Å². The summed E-state index contributed by atoms with van der Waals surface area (Å²) in [5.41, 5.74) is 5.34. The van der Waals surface area contributed by atoms with Gasteiger partial charge in [-0.1, -0.05) is 12.1 Å². The number of hydrogen-bond donors (Lipinski definition) is 3. The number of rotatable bonds is 6. The molecule has 0 aromatic heterocycles. The van der Waals surface area contributed by atoms with Crippen molar-refractivity contribution in [3.05, 3.63) is 29.8 Å². The summed E-state index contributed by atoms with van der Waals surface area (Å²) in [5, 5.41) is 19.2. The predicted molar refractivity (Wildman–Crippen MR) is 62.7 cm³/mol. The van der Waals surface area contributed by atoms with E-state index in [4.69, 9.17) is 5.73 Å². The number of benzene rings is 1. The van der Waals surface area contributed by atoms with Crippen molar-refractivity contribution in [2.75, 3.05) is 6.54 Å². The van der Waals surface area contributed by atoms with Crippen LogP contribution in [-0.4, -0.2) is 35.1 Å². The molecule has 4 N–H and O–H groups in total. The summed E-state index contributed by atoms with van der Waals surface area (Å²) in [5.74, 6) is -0.721. The van der Waals surface area contributed by atoms with Crippen LogP contribution in [0.5, 0.6) is 5.75 Å². The molecule has 2 atom stereocenters. The summed E-state index contributed by atoms with van der Waals surface area (Å²) in [6.07, 6.45) is -13.5. The third-order valence-corrected chi connectivity index (χ3v) is 2.62. The van der Waals surface area contributed by atoms with Gasteiger partial charge in [0.05, 0.1) is 6.10 Å².